The second-order valence-corrected chi connectivity index (χ2v) is 5.37. The molecule has 0 saturated carbocycles. The molecule has 2 aromatic carbocycles. The van der Waals surface area contributed by atoms with Crippen molar-refractivity contribution in [1.29, 1.82) is 0 Å². The standard InChI is InChI=1S/C17H14FN3O/c18-13-5-3-4-12(10-13)11-21-15-7-2-1-6-14(15)16(22)20-9-8-19-17(20)21/h1-7,10H,8-9,11H2. The molecule has 2 aliphatic rings. The van der Waals surface area contributed by atoms with Crippen LogP contribution in [0, 0.1) is 5.82 Å². The van der Waals surface area contributed by atoms with E-state index in [9.17, 15) is 9.18 Å². The van der Waals surface area contributed by atoms with Gasteiger partial charge in [-0.25, -0.2) is 4.39 Å². The normalized spacial score (nSPS) is 16.4. The lowest BCUT2D eigenvalue weighted by Crippen LogP contribution is -2.49. The molecule has 0 aliphatic carbocycles. The van der Waals surface area contributed by atoms with Gasteiger partial charge in [0.1, 0.15) is 5.82 Å². The van der Waals surface area contributed by atoms with Gasteiger partial charge >= 0.3 is 0 Å². The van der Waals surface area contributed by atoms with E-state index in [0.29, 0.717) is 31.2 Å². The topological polar surface area (TPSA) is 35.9 Å². The zero-order valence-corrected chi connectivity index (χ0v) is 11.9. The van der Waals surface area contributed by atoms with E-state index in [1.54, 1.807) is 11.0 Å². The van der Waals surface area contributed by atoms with E-state index < -0.39 is 0 Å². The van der Waals surface area contributed by atoms with Crippen LogP contribution < -0.4 is 4.90 Å². The maximum Gasteiger partial charge on any atom is 0.262 e. The monoisotopic (exact) mass is 295 g/mol. The Balaban J connectivity index is 1.79. The summed E-state index contributed by atoms with van der Waals surface area (Å²) in [6, 6.07) is 14.0. The number of guanidine groups is 1. The molecule has 2 heterocycles. The van der Waals surface area contributed by atoms with E-state index in [1.807, 2.05) is 35.2 Å². The van der Waals surface area contributed by atoms with Crippen molar-refractivity contribution in [2.75, 3.05) is 18.0 Å². The maximum atomic E-state index is 13.4. The summed E-state index contributed by atoms with van der Waals surface area (Å²) in [6.07, 6.45) is 0. The molecule has 0 unspecified atom stereocenters. The number of nitrogens with zero attached hydrogens (tertiary/aromatic N) is 3. The molecule has 0 fully saturated rings. The molecule has 0 spiro atoms. The smallest absolute Gasteiger partial charge is 0.262 e. The zero-order chi connectivity index (χ0) is 15.1. The van der Waals surface area contributed by atoms with Gasteiger partial charge in [0, 0.05) is 6.54 Å². The quantitative estimate of drug-likeness (QED) is 0.854. The number of hydrogen-bond acceptors (Lipinski definition) is 3. The minimum Gasteiger partial charge on any atom is -0.307 e. The Hall–Kier alpha value is -2.69. The fourth-order valence-electron chi connectivity index (χ4n) is 2.98. The van der Waals surface area contributed by atoms with Crippen molar-refractivity contribution in [3.8, 4) is 0 Å². The van der Waals surface area contributed by atoms with Gasteiger partial charge in [0.15, 0.2) is 0 Å². The van der Waals surface area contributed by atoms with Gasteiger partial charge in [-0.05, 0) is 29.8 Å². The summed E-state index contributed by atoms with van der Waals surface area (Å²) in [5.74, 6) is 0.388. The van der Waals surface area contributed by atoms with E-state index in [2.05, 4.69) is 4.99 Å². The average molecular weight is 295 g/mol. The highest BCUT2D eigenvalue weighted by atomic mass is 19.1. The molecule has 0 N–H and O–H groups in total. The number of carbonyl (C=O) groups is 1. The van der Waals surface area contributed by atoms with Gasteiger partial charge in [-0.2, -0.15) is 0 Å². The first-order chi connectivity index (χ1) is 10.7. The summed E-state index contributed by atoms with van der Waals surface area (Å²) in [6.45, 7) is 1.69. The Bertz CT molecular complexity index is 787. The minimum atomic E-state index is -0.260. The lowest BCUT2D eigenvalue weighted by atomic mass is 10.1. The van der Waals surface area contributed by atoms with Crippen LogP contribution in [0.25, 0.3) is 0 Å². The third-order valence-corrected chi connectivity index (χ3v) is 3.96. The van der Waals surface area contributed by atoms with Crippen LogP contribution in [-0.2, 0) is 6.54 Å². The maximum absolute atomic E-state index is 13.4. The van der Waals surface area contributed by atoms with Crippen LogP contribution in [0.1, 0.15) is 15.9 Å². The molecule has 0 atom stereocenters. The Morgan fingerprint density at radius 3 is 2.86 bits per heavy atom. The largest absolute Gasteiger partial charge is 0.307 e. The van der Waals surface area contributed by atoms with Crippen molar-refractivity contribution >= 4 is 17.6 Å². The molecule has 22 heavy (non-hydrogen) atoms. The predicted molar refractivity (Wildman–Crippen MR) is 82.4 cm³/mol. The number of carbonyl (C=O) groups excluding carboxylic acids is 1. The summed E-state index contributed by atoms with van der Waals surface area (Å²) >= 11 is 0. The Morgan fingerprint density at radius 1 is 1.14 bits per heavy atom. The van der Waals surface area contributed by atoms with Crippen LogP contribution in [-0.4, -0.2) is 29.9 Å². The van der Waals surface area contributed by atoms with Crippen molar-refractivity contribution in [3.63, 3.8) is 0 Å². The Labute approximate surface area is 127 Å². The average Bonchev–Trinajstić information content (AvgIpc) is 3.01. The van der Waals surface area contributed by atoms with Gasteiger partial charge in [-0.3, -0.25) is 14.7 Å². The van der Waals surface area contributed by atoms with Gasteiger partial charge in [0.2, 0.25) is 5.96 Å². The van der Waals surface area contributed by atoms with Gasteiger partial charge < -0.3 is 4.90 Å². The second kappa shape index (κ2) is 4.94. The third-order valence-electron chi connectivity index (χ3n) is 3.96. The lowest BCUT2D eigenvalue weighted by molar-refractivity contribution is 0.0851. The van der Waals surface area contributed by atoms with Crippen LogP contribution in [0.2, 0.25) is 0 Å². The molecule has 0 saturated heterocycles. The summed E-state index contributed by atoms with van der Waals surface area (Å²) in [5.41, 5.74) is 2.34. The fourth-order valence-corrected chi connectivity index (χ4v) is 2.98. The summed E-state index contributed by atoms with van der Waals surface area (Å²) < 4.78 is 13.4. The molecule has 4 nitrogen and oxygen atoms in total. The number of rotatable bonds is 2. The van der Waals surface area contributed by atoms with Crippen LogP contribution in [0.4, 0.5) is 10.1 Å². The van der Waals surface area contributed by atoms with Gasteiger partial charge in [-0.1, -0.05) is 24.3 Å². The SMILES string of the molecule is O=C1c2ccccc2N(Cc2cccc(F)c2)C2=NCCN12. The molecule has 0 bridgehead atoms. The van der Waals surface area contributed by atoms with Crippen molar-refractivity contribution in [2.45, 2.75) is 6.54 Å². The Morgan fingerprint density at radius 2 is 2.00 bits per heavy atom. The molecule has 110 valence electrons. The Kier molecular flexibility index (Phi) is 2.92. The molecule has 5 heteroatoms. The summed E-state index contributed by atoms with van der Waals surface area (Å²) in [5, 5.41) is 0. The van der Waals surface area contributed by atoms with Gasteiger partial charge in [0.25, 0.3) is 5.91 Å². The second-order valence-electron chi connectivity index (χ2n) is 5.37. The number of benzene rings is 2. The van der Waals surface area contributed by atoms with E-state index in [1.165, 1.54) is 12.1 Å². The highest BCUT2D eigenvalue weighted by Crippen LogP contribution is 2.31. The molecular formula is C17H14FN3O. The third kappa shape index (κ3) is 1.97. The molecule has 0 radical (unpaired) electrons. The fraction of sp³-hybridized carbons (Fsp3) is 0.176. The number of para-hydroxylation sites is 1. The predicted octanol–water partition coefficient (Wildman–Crippen LogP) is 2.66. The number of halogens is 1. The first-order valence-electron chi connectivity index (χ1n) is 7.21. The van der Waals surface area contributed by atoms with Crippen molar-refractivity contribution < 1.29 is 9.18 Å². The number of amides is 1. The van der Waals surface area contributed by atoms with Crippen molar-refractivity contribution in [2.24, 2.45) is 4.99 Å². The summed E-state index contributed by atoms with van der Waals surface area (Å²) in [4.78, 5) is 20.7. The van der Waals surface area contributed by atoms with E-state index in [4.69, 9.17) is 0 Å². The van der Waals surface area contributed by atoms with Crippen LogP contribution in [0.5, 0.6) is 0 Å². The number of fused-ring (bicyclic) bond motifs is 2. The van der Waals surface area contributed by atoms with E-state index in [0.717, 1.165) is 11.3 Å². The molecule has 1 amide bonds. The minimum absolute atomic E-state index is 0.0117. The molecule has 4 rings (SSSR count). The van der Waals surface area contributed by atoms with Gasteiger partial charge in [-0.15, -0.1) is 0 Å². The molecular weight excluding hydrogens is 281 g/mol. The van der Waals surface area contributed by atoms with Crippen LogP contribution in [0.3, 0.4) is 0 Å². The van der Waals surface area contributed by atoms with Crippen molar-refractivity contribution in [1.82, 2.24) is 4.90 Å². The highest BCUT2D eigenvalue weighted by Gasteiger charge is 2.36. The van der Waals surface area contributed by atoms with Crippen molar-refractivity contribution in [3.05, 3.63) is 65.5 Å². The van der Waals surface area contributed by atoms with Gasteiger partial charge in [0.05, 0.1) is 24.3 Å². The number of anilines is 1. The summed E-state index contributed by atoms with van der Waals surface area (Å²) in [7, 11) is 0. The van der Waals surface area contributed by atoms with Crippen LogP contribution >= 0.6 is 0 Å². The zero-order valence-electron chi connectivity index (χ0n) is 11.9. The molecule has 2 aromatic rings. The lowest BCUT2D eigenvalue weighted by Gasteiger charge is -2.36. The van der Waals surface area contributed by atoms with E-state index in [-0.39, 0.29) is 11.7 Å². The van der Waals surface area contributed by atoms with E-state index >= 15 is 0 Å². The highest BCUT2D eigenvalue weighted by molar-refractivity contribution is 6.19. The number of hydrogen-bond donors (Lipinski definition) is 0. The van der Waals surface area contributed by atoms with Crippen LogP contribution in [0.15, 0.2) is 53.5 Å². The first-order valence-corrected chi connectivity index (χ1v) is 7.21. The molecule has 2 aliphatic heterocycles. The molecule has 0 aromatic heterocycles. The number of aliphatic imine (C=N–C) groups is 1. The first kappa shape index (κ1) is 13.0.